The van der Waals surface area contributed by atoms with Gasteiger partial charge in [0.2, 0.25) is 11.8 Å². The maximum atomic E-state index is 12.9. The van der Waals surface area contributed by atoms with E-state index in [4.69, 9.17) is 18.8 Å². The monoisotopic (exact) mass is 488 g/mol. The first-order chi connectivity index (χ1) is 16.4. The van der Waals surface area contributed by atoms with E-state index in [1.165, 1.54) is 5.56 Å². The number of ether oxygens (including phenoxy) is 2. The van der Waals surface area contributed by atoms with Crippen molar-refractivity contribution in [1.82, 2.24) is 10.6 Å². The van der Waals surface area contributed by atoms with Gasteiger partial charge in [-0.1, -0.05) is 19.9 Å². The van der Waals surface area contributed by atoms with Crippen LogP contribution in [0.1, 0.15) is 65.5 Å². The van der Waals surface area contributed by atoms with Crippen molar-refractivity contribution in [3.05, 3.63) is 23.3 Å². The minimum absolute atomic E-state index is 0.0917. The molecule has 1 aromatic rings. The number of fused-ring (bicyclic) bond motifs is 1. The summed E-state index contributed by atoms with van der Waals surface area (Å²) in [5, 5.41) is 5.86. The average Bonchev–Trinajstić information content (AvgIpc) is 3.02. The molecule has 0 bridgehead atoms. The zero-order valence-corrected chi connectivity index (χ0v) is 22.4. The molecule has 2 N–H and O–H groups in total. The second kappa shape index (κ2) is 10.8. The summed E-state index contributed by atoms with van der Waals surface area (Å²) in [4.78, 5) is 25.8. The Morgan fingerprint density at radius 2 is 1.77 bits per heavy atom. The molecule has 1 aromatic carbocycles. The van der Waals surface area contributed by atoms with Crippen LogP contribution in [-0.2, 0) is 31.7 Å². The summed E-state index contributed by atoms with van der Waals surface area (Å²) < 4.78 is 23.3. The van der Waals surface area contributed by atoms with E-state index in [9.17, 15) is 9.59 Å². The smallest absolute Gasteiger partial charge is 0.481 e. The number of hydrogen-bond donors (Lipinski definition) is 2. The minimum atomic E-state index is -0.542. The van der Waals surface area contributed by atoms with E-state index < -0.39 is 18.3 Å². The summed E-state index contributed by atoms with van der Waals surface area (Å²) in [5.74, 6) is 0.749. The van der Waals surface area contributed by atoms with Crippen LogP contribution in [0.15, 0.2) is 12.1 Å². The van der Waals surface area contributed by atoms with Gasteiger partial charge in [0.05, 0.1) is 37.9 Å². The molecule has 1 aliphatic carbocycles. The van der Waals surface area contributed by atoms with Gasteiger partial charge >= 0.3 is 7.12 Å². The molecule has 0 spiro atoms. The Bertz CT molecular complexity index is 917. The summed E-state index contributed by atoms with van der Waals surface area (Å²) >= 11 is 0. The summed E-state index contributed by atoms with van der Waals surface area (Å²) in [6.45, 7) is 12.1. The van der Waals surface area contributed by atoms with E-state index in [1.807, 2.05) is 39.8 Å². The summed E-state index contributed by atoms with van der Waals surface area (Å²) in [5.41, 5.74) is 1.21. The molecule has 1 aliphatic heterocycles. The predicted molar refractivity (Wildman–Crippen MR) is 136 cm³/mol. The Morgan fingerprint density at radius 1 is 1.11 bits per heavy atom. The largest absolute Gasteiger partial charge is 0.493 e. The number of amides is 2. The third-order valence-electron chi connectivity index (χ3n) is 7.42. The van der Waals surface area contributed by atoms with Crippen LogP contribution in [0.5, 0.6) is 11.5 Å². The Morgan fingerprint density at radius 3 is 2.34 bits per heavy atom. The molecular weight excluding hydrogens is 447 g/mol. The molecule has 0 radical (unpaired) electrons. The van der Waals surface area contributed by atoms with Crippen LogP contribution in [0, 0.1) is 11.8 Å². The van der Waals surface area contributed by atoms with E-state index in [0.29, 0.717) is 30.3 Å². The SMILES string of the molecule is COc1ccc2c(c1OC)CC(C(=O)NCC(=O)NC(CC(C)C)B1OC(C)(C)C(C)(C)O1)CC2. The normalized spacial score (nSPS) is 21.3. The van der Waals surface area contributed by atoms with Crippen LogP contribution in [0.2, 0.25) is 0 Å². The van der Waals surface area contributed by atoms with Gasteiger partial charge in [0, 0.05) is 11.5 Å². The van der Waals surface area contributed by atoms with Crippen molar-refractivity contribution in [3.8, 4) is 11.5 Å². The summed E-state index contributed by atoms with van der Waals surface area (Å²) in [6, 6.07) is 3.93. The first-order valence-electron chi connectivity index (χ1n) is 12.5. The molecule has 1 heterocycles. The fraction of sp³-hybridized carbons (Fsp3) is 0.692. The third kappa shape index (κ3) is 6.12. The molecule has 1 fully saturated rings. The molecule has 2 amide bonds. The molecule has 2 aliphatic rings. The van der Waals surface area contributed by atoms with Gasteiger partial charge in [-0.15, -0.1) is 0 Å². The Kier molecular flexibility index (Phi) is 8.42. The van der Waals surface area contributed by atoms with Crippen molar-refractivity contribution in [2.45, 2.75) is 84.4 Å². The van der Waals surface area contributed by atoms with Crippen molar-refractivity contribution in [2.75, 3.05) is 20.8 Å². The molecule has 9 heteroatoms. The van der Waals surface area contributed by atoms with Crippen LogP contribution in [0.3, 0.4) is 0 Å². The molecule has 8 nitrogen and oxygen atoms in total. The fourth-order valence-electron chi connectivity index (χ4n) is 4.76. The number of carbonyl (C=O) groups is 2. The van der Waals surface area contributed by atoms with Crippen LogP contribution in [-0.4, -0.2) is 56.8 Å². The van der Waals surface area contributed by atoms with Gasteiger partial charge in [0.1, 0.15) is 0 Å². The molecule has 3 rings (SSSR count). The van der Waals surface area contributed by atoms with Crippen LogP contribution >= 0.6 is 0 Å². The maximum Gasteiger partial charge on any atom is 0.481 e. The van der Waals surface area contributed by atoms with Crippen LogP contribution < -0.4 is 20.1 Å². The second-order valence-corrected chi connectivity index (χ2v) is 11.0. The highest BCUT2D eigenvalue weighted by atomic mass is 16.7. The van der Waals surface area contributed by atoms with Gasteiger partial charge in [-0.25, -0.2) is 0 Å². The Balaban J connectivity index is 1.59. The van der Waals surface area contributed by atoms with E-state index in [1.54, 1.807) is 14.2 Å². The molecule has 1 saturated heterocycles. The minimum Gasteiger partial charge on any atom is -0.493 e. The van der Waals surface area contributed by atoms with Crippen molar-refractivity contribution in [1.29, 1.82) is 0 Å². The molecule has 2 unspecified atom stereocenters. The van der Waals surface area contributed by atoms with Gasteiger partial charge in [-0.3, -0.25) is 9.59 Å². The number of aryl methyl sites for hydroxylation is 1. The lowest BCUT2D eigenvalue weighted by Gasteiger charge is -2.32. The highest BCUT2D eigenvalue weighted by molar-refractivity contribution is 6.48. The number of methoxy groups -OCH3 is 2. The molecule has 2 atom stereocenters. The first kappa shape index (κ1) is 27.3. The molecule has 194 valence electrons. The molecule has 0 aromatic heterocycles. The zero-order valence-electron chi connectivity index (χ0n) is 22.4. The fourth-order valence-corrected chi connectivity index (χ4v) is 4.76. The molecule has 35 heavy (non-hydrogen) atoms. The van der Waals surface area contributed by atoms with E-state index in [0.717, 1.165) is 18.4 Å². The van der Waals surface area contributed by atoms with Crippen LogP contribution in [0.25, 0.3) is 0 Å². The predicted octanol–water partition coefficient (Wildman–Crippen LogP) is 3.09. The van der Waals surface area contributed by atoms with Gasteiger partial charge in [-0.2, -0.15) is 0 Å². The lowest BCUT2D eigenvalue weighted by Crippen LogP contribution is -2.51. The van der Waals surface area contributed by atoms with Crippen molar-refractivity contribution < 1.29 is 28.4 Å². The third-order valence-corrected chi connectivity index (χ3v) is 7.42. The van der Waals surface area contributed by atoms with Crippen molar-refractivity contribution in [2.24, 2.45) is 11.8 Å². The lowest BCUT2D eigenvalue weighted by atomic mass is 9.74. The van der Waals surface area contributed by atoms with Gasteiger partial charge in [-0.05, 0) is 70.9 Å². The van der Waals surface area contributed by atoms with Gasteiger partial charge in [0.25, 0.3) is 0 Å². The van der Waals surface area contributed by atoms with Crippen molar-refractivity contribution >= 4 is 18.9 Å². The maximum absolute atomic E-state index is 12.9. The first-order valence-corrected chi connectivity index (χ1v) is 12.5. The van der Waals surface area contributed by atoms with E-state index in [2.05, 4.69) is 24.5 Å². The highest BCUT2D eigenvalue weighted by Crippen LogP contribution is 2.39. The van der Waals surface area contributed by atoms with E-state index in [-0.39, 0.29) is 30.2 Å². The second-order valence-electron chi connectivity index (χ2n) is 11.0. The van der Waals surface area contributed by atoms with Crippen LogP contribution in [0.4, 0.5) is 0 Å². The molecular formula is C26H41BN2O6. The number of hydrogen-bond acceptors (Lipinski definition) is 6. The topological polar surface area (TPSA) is 95.1 Å². The van der Waals surface area contributed by atoms with Gasteiger partial charge < -0.3 is 29.4 Å². The Labute approximate surface area is 209 Å². The number of rotatable bonds is 9. The average molecular weight is 488 g/mol. The summed E-state index contributed by atoms with van der Waals surface area (Å²) in [6.07, 6.45) is 2.75. The van der Waals surface area contributed by atoms with E-state index >= 15 is 0 Å². The lowest BCUT2D eigenvalue weighted by molar-refractivity contribution is -0.129. The standard InChI is InChI=1S/C26H41BN2O6/c1-16(2)13-21(27-34-25(3,4)26(5,6)35-27)29-22(30)15-28-24(31)18-10-9-17-11-12-20(32-7)23(33-8)19(17)14-18/h11-12,16,18,21H,9-10,13-15H2,1-8H3,(H,28,31)(H,29,30). The van der Waals surface area contributed by atoms with Gasteiger partial charge in [0.15, 0.2) is 11.5 Å². The number of benzene rings is 1. The molecule has 0 saturated carbocycles. The highest BCUT2D eigenvalue weighted by Gasteiger charge is 2.54. The Hall–Kier alpha value is -2.26. The number of carbonyl (C=O) groups excluding carboxylic acids is 2. The quantitative estimate of drug-likeness (QED) is 0.519. The summed E-state index contributed by atoms with van der Waals surface area (Å²) in [7, 11) is 2.67. The van der Waals surface area contributed by atoms with Crippen molar-refractivity contribution in [3.63, 3.8) is 0 Å². The zero-order chi connectivity index (χ0) is 26.0. The number of nitrogens with one attached hydrogen (secondary N) is 2.